The zero-order valence-corrected chi connectivity index (χ0v) is 11.5. The third kappa shape index (κ3) is 3.47. The van der Waals surface area contributed by atoms with E-state index < -0.39 is 0 Å². The summed E-state index contributed by atoms with van der Waals surface area (Å²) >= 11 is 0. The molecule has 0 unspecified atom stereocenters. The van der Waals surface area contributed by atoms with Crippen molar-refractivity contribution in [2.45, 2.75) is 32.3 Å². The van der Waals surface area contributed by atoms with Crippen molar-refractivity contribution in [2.24, 2.45) is 5.92 Å². The van der Waals surface area contributed by atoms with E-state index in [0.29, 0.717) is 17.5 Å². The first-order valence-corrected chi connectivity index (χ1v) is 6.79. The second-order valence-electron chi connectivity index (χ2n) is 4.90. The van der Waals surface area contributed by atoms with E-state index in [1.165, 1.54) is 6.33 Å². The summed E-state index contributed by atoms with van der Waals surface area (Å²) in [6.07, 6.45) is 4.15. The molecule has 0 aromatic carbocycles. The molecular weight excluding hydrogens is 244 g/mol. The number of aromatic nitrogens is 2. The average Bonchev–Trinajstić information content (AvgIpc) is 2.39. The van der Waals surface area contributed by atoms with Gasteiger partial charge in [0.1, 0.15) is 6.33 Å². The van der Waals surface area contributed by atoms with Crippen LogP contribution in [-0.2, 0) is 0 Å². The third-order valence-electron chi connectivity index (χ3n) is 3.32. The normalized spacial score (nSPS) is 21.6. The van der Waals surface area contributed by atoms with E-state index in [1.54, 1.807) is 7.11 Å². The molecule has 1 aliphatic rings. The maximum absolute atomic E-state index is 9.27. The molecule has 2 rings (SSSR count). The molecule has 0 saturated heterocycles. The number of aliphatic hydroxyl groups excluding tert-OH is 1. The highest BCUT2D eigenvalue weighted by Crippen LogP contribution is 2.31. The van der Waals surface area contributed by atoms with Gasteiger partial charge in [0.25, 0.3) is 0 Å². The van der Waals surface area contributed by atoms with Crippen LogP contribution in [0.15, 0.2) is 6.33 Å². The van der Waals surface area contributed by atoms with E-state index in [2.05, 4.69) is 27.5 Å². The SMILES string of the molecule is CCCNc1ncnc(NCC2CC(O)C2)c1OC. The molecule has 6 heteroatoms. The van der Waals surface area contributed by atoms with Crippen LogP contribution in [0.25, 0.3) is 0 Å². The van der Waals surface area contributed by atoms with Gasteiger partial charge < -0.3 is 20.5 Å². The van der Waals surface area contributed by atoms with E-state index in [1.807, 2.05) is 0 Å². The van der Waals surface area contributed by atoms with Crippen molar-refractivity contribution in [3.05, 3.63) is 6.33 Å². The van der Waals surface area contributed by atoms with Crippen LogP contribution in [0.5, 0.6) is 5.75 Å². The number of anilines is 2. The maximum atomic E-state index is 9.27. The summed E-state index contributed by atoms with van der Waals surface area (Å²) in [6, 6.07) is 0. The molecule has 0 atom stereocenters. The summed E-state index contributed by atoms with van der Waals surface area (Å²) in [6.45, 7) is 3.75. The molecule has 1 fully saturated rings. The van der Waals surface area contributed by atoms with Crippen molar-refractivity contribution < 1.29 is 9.84 Å². The highest BCUT2D eigenvalue weighted by Gasteiger charge is 2.27. The van der Waals surface area contributed by atoms with Crippen molar-refractivity contribution in [3.63, 3.8) is 0 Å². The molecule has 106 valence electrons. The molecule has 0 radical (unpaired) electrons. The molecule has 1 heterocycles. The van der Waals surface area contributed by atoms with E-state index in [-0.39, 0.29) is 6.10 Å². The summed E-state index contributed by atoms with van der Waals surface area (Å²) in [5.41, 5.74) is 0. The van der Waals surface area contributed by atoms with Gasteiger partial charge in [-0.15, -0.1) is 0 Å². The lowest BCUT2D eigenvalue weighted by atomic mass is 9.82. The molecule has 0 spiro atoms. The van der Waals surface area contributed by atoms with Crippen LogP contribution >= 0.6 is 0 Å². The molecule has 1 aromatic rings. The fourth-order valence-corrected chi connectivity index (χ4v) is 2.17. The number of nitrogens with one attached hydrogen (secondary N) is 2. The van der Waals surface area contributed by atoms with Gasteiger partial charge in [-0.2, -0.15) is 0 Å². The van der Waals surface area contributed by atoms with Gasteiger partial charge in [0.05, 0.1) is 13.2 Å². The van der Waals surface area contributed by atoms with Crippen molar-refractivity contribution in [1.82, 2.24) is 9.97 Å². The number of aliphatic hydroxyl groups is 1. The van der Waals surface area contributed by atoms with Gasteiger partial charge in [-0.25, -0.2) is 9.97 Å². The van der Waals surface area contributed by atoms with Gasteiger partial charge in [-0.3, -0.25) is 0 Å². The van der Waals surface area contributed by atoms with E-state index in [4.69, 9.17) is 4.74 Å². The molecule has 0 aliphatic heterocycles. The van der Waals surface area contributed by atoms with Gasteiger partial charge in [-0.05, 0) is 25.2 Å². The molecule has 19 heavy (non-hydrogen) atoms. The lowest BCUT2D eigenvalue weighted by Crippen LogP contribution is -2.33. The fourth-order valence-electron chi connectivity index (χ4n) is 2.17. The Kier molecular flexibility index (Phi) is 4.79. The second kappa shape index (κ2) is 6.56. The predicted molar refractivity (Wildman–Crippen MR) is 74.6 cm³/mol. The van der Waals surface area contributed by atoms with E-state index in [0.717, 1.165) is 38.2 Å². The monoisotopic (exact) mass is 266 g/mol. The Morgan fingerprint density at radius 2 is 2.00 bits per heavy atom. The quantitative estimate of drug-likeness (QED) is 0.694. The minimum atomic E-state index is -0.124. The minimum absolute atomic E-state index is 0.124. The Hall–Kier alpha value is -1.56. The number of nitrogens with zero attached hydrogens (tertiary/aromatic N) is 2. The number of methoxy groups -OCH3 is 1. The lowest BCUT2D eigenvalue weighted by Gasteiger charge is -2.31. The van der Waals surface area contributed by atoms with Crippen molar-refractivity contribution in [3.8, 4) is 5.75 Å². The summed E-state index contributed by atoms with van der Waals surface area (Å²) in [5, 5.41) is 15.8. The Morgan fingerprint density at radius 3 is 2.58 bits per heavy atom. The first-order chi connectivity index (χ1) is 9.24. The Balaban J connectivity index is 1.98. The molecule has 3 N–H and O–H groups in total. The van der Waals surface area contributed by atoms with Crippen LogP contribution in [0.2, 0.25) is 0 Å². The average molecular weight is 266 g/mol. The van der Waals surface area contributed by atoms with Gasteiger partial charge in [0.15, 0.2) is 11.6 Å². The van der Waals surface area contributed by atoms with Gasteiger partial charge in [0.2, 0.25) is 5.75 Å². The number of rotatable bonds is 7. The Labute approximate surface area is 113 Å². The topological polar surface area (TPSA) is 79.3 Å². The fraction of sp³-hybridized carbons (Fsp3) is 0.692. The van der Waals surface area contributed by atoms with Crippen molar-refractivity contribution in [1.29, 1.82) is 0 Å². The number of hydrogen-bond donors (Lipinski definition) is 3. The molecule has 0 amide bonds. The zero-order valence-electron chi connectivity index (χ0n) is 11.5. The summed E-state index contributed by atoms with van der Waals surface area (Å²) in [7, 11) is 1.62. The van der Waals surface area contributed by atoms with Gasteiger partial charge >= 0.3 is 0 Å². The van der Waals surface area contributed by atoms with E-state index >= 15 is 0 Å². The van der Waals surface area contributed by atoms with Crippen LogP contribution in [0, 0.1) is 5.92 Å². The summed E-state index contributed by atoms with van der Waals surface area (Å²) < 4.78 is 5.38. The van der Waals surface area contributed by atoms with Crippen LogP contribution in [0.1, 0.15) is 26.2 Å². The molecular formula is C13H22N4O2. The summed E-state index contributed by atoms with van der Waals surface area (Å²) in [4.78, 5) is 8.41. The van der Waals surface area contributed by atoms with Crippen molar-refractivity contribution in [2.75, 3.05) is 30.8 Å². The summed E-state index contributed by atoms with van der Waals surface area (Å²) in [5.74, 6) is 2.59. The van der Waals surface area contributed by atoms with Crippen LogP contribution in [0.4, 0.5) is 11.6 Å². The molecule has 1 aliphatic carbocycles. The number of ether oxygens (including phenoxy) is 1. The highest BCUT2D eigenvalue weighted by molar-refractivity contribution is 5.63. The molecule has 6 nitrogen and oxygen atoms in total. The smallest absolute Gasteiger partial charge is 0.204 e. The van der Waals surface area contributed by atoms with Crippen LogP contribution in [-0.4, -0.2) is 41.4 Å². The zero-order chi connectivity index (χ0) is 13.7. The maximum Gasteiger partial charge on any atom is 0.204 e. The Bertz CT molecular complexity index is 408. The first kappa shape index (κ1) is 13.9. The van der Waals surface area contributed by atoms with Crippen LogP contribution < -0.4 is 15.4 Å². The third-order valence-corrected chi connectivity index (χ3v) is 3.32. The van der Waals surface area contributed by atoms with Gasteiger partial charge in [-0.1, -0.05) is 6.92 Å². The highest BCUT2D eigenvalue weighted by atomic mass is 16.5. The molecule has 1 saturated carbocycles. The first-order valence-electron chi connectivity index (χ1n) is 6.79. The predicted octanol–water partition coefficient (Wildman–Crippen LogP) is 1.49. The standard InChI is InChI=1S/C13H22N4O2/c1-3-4-14-12-11(19-2)13(17-8-16-12)15-7-9-5-10(18)6-9/h8-10,18H,3-7H2,1-2H3,(H2,14,15,16,17). The molecule has 0 bridgehead atoms. The number of hydrogen-bond acceptors (Lipinski definition) is 6. The minimum Gasteiger partial charge on any atom is -0.490 e. The van der Waals surface area contributed by atoms with E-state index in [9.17, 15) is 5.11 Å². The largest absolute Gasteiger partial charge is 0.490 e. The second-order valence-corrected chi connectivity index (χ2v) is 4.90. The van der Waals surface area contributed by atoms with Crippen molar-refractivity contribution >= 4 is 11.6 Å². The van der Waals surface area contributed by atoms with Crippen LogP contribution in [0.3, 0.4) is 0 Å². The Morgan fingerprint density at radius 1 is 1.32 bits per heavy atom. The molecule has 1 aromatic heterocycles. The van der Waals surface area contributed by atoms with Gasteiger partial charge in [0, 0.05) is 13.1 Å². The lowest BCUT2D eigenvalue weighted by molar-refractivity contribution is 0.0486.